The lowest BCUT2D eigenvalue weighted by Crippen LogP contribution is -2.40. The lowest BCUT2D eigenvalue weighted by Gasteiger charge is -2.28. The van der Waals surface area contributed by atoms with Gasteiger partial charge in [-0.2, -0.15) is 0 Å². The van der Waals surface area contributed by atoms with Crippen molar-refractivity contribution < 1.29 is 4.79 Å². The van der Waals surface area contributed by atoms with Gasteiger partial charge in [0.15, 0.2) is 0 Å². The average Bonchev–Trinajstić information content (AvgIpc) is 3.05. The highest BCUT2D eigenvalue weighted by Crippen LogP contribution is 2.19. The van der Waals surface area contributed by atoms with Crippen molar-refractivity contribution in [3.05, 3.63) is 64.0 Å². The van der Waals surface area contributed by atoms with E-state index in [4.69, 9.17) is 0 Å². The SMILES string of the molecule is Cn1cnc2c(c1=O)CCN(C(=O)c1ccc3cc[nH]c3c1)C2. The van der Waals surface area contributed by atoms with E-state index in [1.807, 2.05) is 30.5 Å². The number of nitrogens with zero attached hydrogens (tertiary/aromatic N) is 3. The Morgan fingerprint density at radius 2 is 2.17 bits per heavy atom. The van der Waals surface area contributed by atoms with E-state index in [-0.39, 0.29) is 11.5 Å². The molecule has 6 heteroatoms. The van der Waals surface area contributed by atoms with Gasteiger partial charge in [-0.05, 0) is 30.0 Å². The van der Waals surface area contributed by atoms with E-state index in [0.29, 0.717) is 30.8 Å². The normalized spacial score (nSPS) is 14.0. The molecule has 0 spiro atoms. The highest BCUT2D eigenvalue weighted by molar-refractivity contribution is 5.98. The summed E-state index contributed by atoms with van der Waals surface area (Å²) < 4.78 is 1.48. The molecule has 1 N–H and O–H groups in total. The summed E-state index contributed by atoms with van der Waals surface area (Å²) in [5.41, 5.74) is 3.00. The fraction of sp³-hybridized carbons (Fsp3) is 0.235. The average molecular weight is 308 g/mol. The molecule has 116 valence electrons. The molecule has 2 aromatic heterocycles. The monoisotopic (exact) mass is 308 g/mol. The standard InChI is InChI=1S/C17H16N4O2/c1-20-10-19-15-9-21(7-5-13(15)17(20)23)16(22)12-3-2-11-4-6-18-14(11)8-12/h2-4,6,8,10,18H,5,7,9H2,1H3. The number of carbonyl (C=O) groups excluding carboxylic acids is 1. The fourth-order valence-electron chi connectivity index (χ4n) is 3.05. The van der Waals surface area contributed by atoms with Crippen LogP contribution in [-0.4, -0.2) is 31.9 Å². The molecule has 0 aliphatic carbocycles. The minimum atomic E-state index is -0.0328. The number of amides is 1. The number of hydrogen-bond acceptors (Lipinski definition) is 3. The molecule has 0 atom stereocenters. The molecule has 0 saturated heterocycles. The first-order valence-corrected chi connectivity index (χ1v) is 7.53. The van der Waals surface area contributed by atoms with Gasteiger partial charge in [-0.15, -0.1) is 0 Å². The summed E-state index contributed by atoms with van der Waals surface area (Å²) in [6.45, 7) is 0.919. The first-order chi connectivity index (χ1) is 11.1. The maximum atomic E-state index is 12.7. The zero-order valence-corrected chi connectivity index (χ0v) is 12.7. The van der Waals surface area contributed by atoms with Gasteiger partial charge in [0, 0.05) is 36.4 Å². The maximum Gasteiger partial charge on any atom is 0.256 e. The molecule has 0 unspecified atom stereocenters. The van der Waals surface area contributed by atoms with Gasteiger partial charge in [0.2, 0.25) is 0 Å². The van der Waals surface area contributed by atoms with Crippen molar-refractivity contribution in [2.45, 2.75) is 13.0 Å². The van der Waals surface area contributed by atoms with Crippen LogP contribution < -0.4 is 5.56 Å². The molecular weight excluding hydrogens is 292 g/mol. The van der Waals surface area contributed by atoms with Gasteiger partial charge in [0.25, 0.3) is 11.5 Å². The van der Waals surface area contributed by atoms with Crippen LogP contribution in [0.1, 0.15) is 21.6 Å². The topological polar surface area (TPSA) is 71.0 Å². The van der Waals surface area contributed by atoms with Crippen molar-refractivity contribution >= 4 is 16.8 Å². The Morgan fingerprint density at radius 3 is 3.04 bits per heavy atom. The number of aromatic nitrogens is 3. The van der Waals surface area contributed by atoms with Crippen LogP contribution in [0.3, 0.4) is 0 Å². The lowest BCUT2D eigenvalue weighted by atomic mass is 10.0. The van der Waals surface area contributed by atoms with E-state index in [0.717, 1.165) is 16.5 Å². The molecule has 1 aliphatic rings. The predicted octanol–water partition coefficient (Wildman–Crippen LogP) is 1.46. The zero-order chi connectivity index (χ0) is 16.0. The van der Waals surface area contributed by atoms with Crippen molar-refractivity contribution in [3.8, 4) is 0 Å². The second kappa shape index (κ2) is 5.08. The summed E-state index contributed by atoms with van der Waals surface area (Å²) in [6, 6.07) is 7.61. The summed E-state index contributed by atoms with van der Waals surface area (Å²) in [7, 11) is 1.69. The predicted molar refractivity (Wildman–Crippen MR) is 86.2 cm³/mol. The van der Waals surface area contributed by atoms with E-state index >= 15 is 0 Å². The molecule has 4 rings (SSSR count). The third-order valence-corrected chi connectivity index (χ3v) is 4.38. The molecule has 0 fully saturated rings. The quantitative estimate of drug-likeness (QED) is 0.740. The molecule has 1 aliphatic heterocycles. The van der Waals surface area contributed by atoms with Crippen LogP contribution in [0.15, 0.2) is 41.6 Å². The van der Waals surface area contributed by atoms with Crippen LogP contribution in [0.25, 0.3) is 10.9 Å². The molecule has 0 radical (unpaired) electrons. The largest absolute Gasteiger partial charge is 0.361 e. The van der Waals surface area contributed by atoms with Crippen molar-refractivity contribution in [1.29, 1.82) is 0 Å². The summed E-state index contributed by atoms with van der Waals surface area (Å²) >= 11 is 0. The third-order valence-electron chi connectivity index (χ3n) is 4.38. The Balaban J connectivity index is 1.64. The number of nitrogens with one attached hydrogen (secondary N) is 1. The minimum Gasteiger partial charge on any atom is -0.361 e. The molecule has 3 aromatic rings. The Labute approximate surface area is 132 Å². The number of fused-ring (bicyclic) bond motifs is 2. The Bertz CT molecular complexity index is 970. The Morgan fingerprint density at radius 1 is 1.30 bits per heavy atom. The molecule has 1 aromatic carbocycles. The highest BCUT2D eigenvalue weighted by Gasteiger charge is 2.25. The second-order valence-corrected chi connectivity index (χ2v) is 5.84. The van der Waals surface area contributed by atoms with Gasteiger partial charge >= 0.3 is 0 Å². The zero-order valence-electron chi connectivity index (χ0n) is 12.7. The van der Waals surface area contributed by atoms with Gasteiger partial charge in [-0.25, -0.2) is 4.98 Å². The lowest BCUT2D eigenvalue weighted by molar-refractivity contribution is 0.0731. The molecule has 0 bridgehead atoms. The number of aromatic amines is 1. The number of aryl methyl sites for hydroxylation is 1. The van der Waals surface area contributed by atoms with E-state index in [1.165, 1.54) is 10.9 Å². The van der Waals surface area contributed by atoms with Gasteiger partial charge in [0.05, 0.1) is 18.6 Å². The van der Waals surface area contributed by atoms with Crippen LogP contribution >= 0.6 is 0 Å². The van der Waals surface area contributed by atoms with Gasteiger partial charge in [-0.3, -0.25) is 9.59 Å². The Kier molecular flexibility index (Phi) is 3.04. The molecular formula is C17H16N4O2. The molecule has 6 nitrogen and oxygen atoms in total. The summed E-state index contributed by atoms with van der Waals surface area (Å²) in [4.78, 5) is 34.0. The number of benzene rings is 1. The van der Waals surface area contributed by atoms with Crippen molar-refractivity contribution in [1.82, 2.24) is 19.4 Å². The number of carbonyl (C=O) groups is 1. The van der Waals surface area contributed by atoms with Gasteiger partial charge < -0.3 is 14.5 Å². The van der Waals surface area contributed by atoms with Crippen LogP contribution in [-0.2, 0) is 20.0 Å². The fourth-order valence-corrected chi connectivity index (χ4v) is 3.05. The maximum absolute atomic E-state index is 12.7. The Hall–Kier alpha value is -2.89. The van der Waals surface area contributed by atoms with Gasteiger partial charge in [-0.1, -0.05) is 6.07 Å². The van der Waals surface area contributed by atoms with E-state index in [9.17, 15) is 9.59 Å². The first kappa shape index (κ1) is 13.8. The third kappa shape index (κ3) is 2.23. The minimum absolute atomic E-state index is 0.0186. The summed E-state index contributed by atoms with van der Waals surface area (Å²) in [5.74, 6) is -0.0328. The molecule has 23 heavy (non-hydrogen) atoms. The first-order valence-electron chi connectivity index (χ1n) is 7.53. The van der Waals surface area contributed by atoms with Crippen LogP contribution in [0.4, 0.5) is 0 Å². The second-order valence-electron chi connectivity index (χ2n) is 5.84. The van der Waals surface area contributed by atoms with Crippen molar-refractivity contribution in [2.75, 3.05) is 6.54 Å². The van der Waals surface area contributed by atoms with Crippen LogP contribution in [0, 0.1) is 0 Å². The summed E-state index contributed by atoms with van der Waals surface area (Å²) in [5, 5.41) is 1.08. The molecule has 3 heterocycles. The van der Waals surface area contributed by atoms with Crippen LogP contribution in [0.5, 0.6) is 0 Å². The van der Waals surface area contributed by atoms with E-state index < -0.39 is 0 Å². The number of H-pyrrole nitrogens is 1. The summed E-state index contributed by atoms with van der Waals surface area (Å²) in [6.07, 6.45) is 3.92. The molecule has 1 amide bonds. The van der Waals surface area contributed by atoms with Gasteiger partial charge in [0.1, 0.15) is 0 Å². The molecule has 0 saturated carbocycles. The van der Waals surface area contributed by atoms with E-state index in [2.05, 4.69) is 9.97 Å². The number of rotatable bonds is 1. The smallest absolute Gasteiger partial charge is 0.256 e. The number of hydrogen-bond donors (Lipinski definition) is 1. The van der Waals surface area contributed by atoms with Crippen LogP contribution in [0.2, 0.25) is 0 Å². The van der Waals surface area contributed by atoms with E-state index in [1.54, 1.807) is 11.9 Å². The highest BCUT2D eigenvalue weighted by atomic mass is 16.2. The van der Waals surface area contributed by atoms with Crippen molar-refractivity contribution in [2.24, 2.45) is 7.05 Å². The van der Waals surface area contributed by atoms with Crippen molar-refractivity contribution in [3.63, 3.8) is 0 Å².